The van der Waals surface area contributed by atoms with Crippen molar-refractivity contribution >= 4 is 23.3 Å². The predicted octanol–water partition coefficient (Wildman–Crippen LogP) is 5.12. The second-order valence-electron chi connectivity index (χ2n) is 6.94. The van der Waals surface area contributed by atoms with E-state index in [0.29, 0.717) is 22.8 Å². The van der Waals surface area contributed by atoms with Crippen molar-refractivity contribution in [1.29, 1.82) is 0 Å². The van der Waals surface area contributed by atoms with Crippen molar-refractivity contribution in [3.8, 4) is 0 Å². The van der Waals surface area contributed by atoms with Crippen LogP contribution in [0.2, 0.25) is 5.02 Å². The number of rotatable bonds is 2. The van der Waals surface area contributed by atoms with Gasteiger partial charge in [0.2, 0.25) is 0 Å². The Morgan fingerprint density at radius 3 is 2.88 bits per heavy atom. The maximum atomic E-state index is 14.9. The van der Waals surface area contributed by atoms with Crippen molar-refractivity contribution in [2.45, 2.75) is 31.9 Å². The van der Waals surface area contributed by atoms with Gasteiger partial charge in [0.25, 0.3) is 0 Å². The van der Waals surface area contributed by atoms with E-state index >= 15 is 0 Å². The topological polar surface area (TPSA) is 58.6 Å². The Kier molecular flexibility index (Phi) is 4.37. The van der Waals surface area contributed by atoms with E-state index in [1.165, 1.54) is 6.07 Å². The molecule has 0 bridgehead atoms. The molecule has 0 radical (unpaired) electrons. The van der Waals surface area contributed by atoms with Crippen molar-refractivity contribution in [2.75, 3.05) is 11.9 Å². The molecule has 0 spiro atoms. The first-order valence-electron chi connectivity index (χ1n) is 8.66. The van der Waals surface area contributed by atoms with E-state index in [1.807, 2.05) is 12.1 Å². The van der Waals surface area contributed by atoms with E-state index in [1.54, 1.807) is 13.0 Å². The predicted molar refractivity (Wildman–Crippen MR) is 97.3 cm³/mol. The first-order chi connectivity index (χ1) is 12.5. The standard InChI is InChI=1S/C20H19ClFNO3/c1-10-7-11(20(24)25)8-15(22)17(10)18-13-3-2-6-26-19(13)14-9-12(21)4-5-16(14)23-18/h4-5,7-9,13,18-19,23H,2-3,6H2,1H3,(H,24,25)/t13-,18+,19-/m1/s1. The molecule has 4 nitrogen and oxygen atoms in total. The molecule has 2 N–H and O–H groups in total. The largest absolute Gasteiger partial charge is 0.478 e. The quantitative estimate of drug-likeness (QED) is 0.764. The number of ether oxygens (including phenoxy) is 1. The average Bonchev–Trinajstić information content (AvgIpc) is 2.61. The molecule has 0 amide bonds. The molecule has 1 saturated heterocycles. The molecule has 2 heterocycles. The maximum absolute atomic E-state index is 14.9. The fraction of sp³-hybridized carbons (Fsp3) is 0.350. The van der Waals surface area contributed by atoms with Crippen LogP contribution in [0.4, 0.5) is 10.1 Å². The lowest BCUT2D eigenvalue weighted by Gasteiger charge is -2.43. The third-order valence-electron chi connectivity index (χ3n) is 5.32. The Bertz CT molecular complexity index is 862. The zero-order valence-corrected chi connectivity index (χ0v) is 15.0. The lowest BCUT2D eigenvalue weighted by atomic mass is 9.76. The van der Waals surface area contributed by atoms with E-state index in [9.17, 15) is 9.18 Å². The fourth-order valence-corrected chi connectivity index (χ4v) is 4.38. The van der Waals surface area contributed by atoms with Gasteiger partial charge in [0.1, 0.15) is 5.82 Å². The van der Waals surface area contributed by atoms with Gasteiger partial charge in [-0.2, -0.15) is 0 Å². The summed E-state index contributed by atoms with van der Waals surface area (Å²) >= 11 is 6.16. The smallest absolute Gasteiger partial charge is 0.335 e. The van der Waals surface area contributed by atoms with Crippen LogP contribution in [0.25, 0.3) is 0 Å². The minimum Gasteiger partial charge on any atom is -0.478 e. The summed E-state index contributed by atoms with van der Waals surface area (Å²) in [6.45, 7) is 2.42. The minimum atomic E-state index is -1.13. The number of aryl methyl sites for hydroxylation is 1. The van der Waals surface area contributed by atoms with Crippen molar-refractivity contribution < 1.29 is 19.0 Å². The summed E-state index contributed by atoms with van der Waals surface area (Å²) in [5.74, 6) is -1.57. The Morgan fingerprint density at radius 1 is 1.35 bits per heavy atom. The van der Waals surface area contributed by atoms with Gasteiger partial charge in [-0.05, 0) is 55.7 Å². The molecule has 0 aliphatic carbocycles. The molecule has 2 aliphatic heterocycles. The molecule has 3 atom stereocenters. The van der Waals surface area contributed by atoms with Crippen LogP contribution in [-0.4, -0.2) is 17.7 Å². The van der Waals surface area contributed by atoms with Gasteiger partial charge in [0.05, 0.1) is 17.7 Å². The molecule has 26 heavy (non-hydrogen) atoms. The van der Waals surface area contributed by atoms with E-state index in [2.05, 4.69) is 5.32 Å². The van der Waals surface area contributed by atoms with E-state index in [4.69, 9.17) is 21.4 Å². The van der Waals surface area contributed by atoms with Gasteiger partial charge in [-0.15, -0.1) is 0 Å². The molecule has 136 valence electrons. The lowest BCUT2D eigenvalue weighted by molar-refractivity contribution is -0.0384. The molecule has 0 aromatic heterocycles. The number of hydrogen-bond acceptors (Lipinski definition) is 3. The van der Waals surface area contributed by atoms with Gasteiger partial charge in [0.15, 0.2) is 0 Å². The summed E-state index contributed by atoms with van der Waals surface area (Å²) in [5, 5.41) is 13.3. The molecule has 4 rings (SSSR count). The number of carboxylic acid groups (broad SMARTS) is 1. The van der Waals surface area contributed by atoms with Crippen LogP contribution in [0.15, 0.2) is 30.3 Å². The zero-order valence-electron chi connectivity index (χ0n) is 14.3. The number of benzene rings is 2. The molecule has 2 aromatic carbocycles. The Balaban J connectivity index is 1.82. The normalized spacial score (nSPS) is 24.3. The van der Waals surface area contributed by atoms with Crippen LogP contribution in [-0.2, 0) is 4.74 Å². The van der Waals surface area contributed by atoms with E-state index < -0.39 is 11.8 Å². The number of hydrogen-bond donors (Lipinski definition) is 2. The highest BCUT2D eigenvalue weighted by Crippen LogP contribution is 2.50. The van der Waals surface area contributed by atoms with Gasteiger partial charge >= 0.3 is 5.97 Å². The first-order valence-corrected chi connectivity index (χ1v) is 9.04. The number of fused-ring (bicyclic) bond motifs is 3. The van der Waals surface area contributed by atoms with Crippen LogP contribution in [0.1, 0.15) is 52.0 Å². The van der Waals surface area contributed by atoms with Crippen molar-refractivity contribution in [2.24, 2.45) is 5.92 Å². The summed E-state index contributed by atoms with van der Waals surface area (Å²) in [5.41, 5.74) is 2.98. The first kappa shape index (κ1) is 17.3. The second kappa shape index (κ2) is 6.56. The van der Waals surface area contributed by atoms with Crippen LogP contribution < -0.4 is 5.32 Å². The molecule has 1 fully saturated rings. The third-order valence-corrected chi connectivity index (χ3v) is 5.56. The summed E-state index contributed by atoms with van der Waals surface area (Å²) in [4.78, 5) is 11.2. The van der Waals surface area contributed by atoms with Crippen LogP contribution in [0, 0.1) is 18.7 Å². The minimum absolute atomic E-state index is 0.0387. The summed E-state index contributed by atoms with van der Waals surface area (Å²) < 4.78 is 20.9. The number of aromatic carboxylic acids is 1. The van der Waals surface area contributed by atoms with Gasteiger partial charge in [0, 0.05) is 34.4 Å². The fourth-order valence-electron chi connectivity index (χ4n) is 4.20. The van der Waals surface area contributed by atoms with Gasteiger partial charge in [-0.25, -0.2) is 9.18 Å². The van der Waals surface area contributed by atoms with E-state index in [0.717, 1.165) is 30.2 Å². The number of nitrogens with one attached hydrogen (secondary N) is 1. The number of halogens is 2. The second-order valence-corrected chi connectivity index (χ2v) is 7.38. The molecular weight excluding hydrogens is 357 g/mol. The molecule has 0 saturated carbocycles. The number of anilines is 1. The molecular formula is C20H19ClFNO3. The summed E-state index contributed by atoms with van der Waals surface area (Å²) in [7, 11) is 0. The van der Waals surface area contributed by atoms with Crippen LogP contribution in [0.3, 0.4) is 0 Å². The van der Waals surface area contributed by atoms with Crippen molar-refractivity contribution in [3.05, 3.63) is 63.4 Å². The summed E-state index contributed by atoms with van der Waals surface area (Å²) in [6.07, 6.45) is 1.65. The molecule has 0 unspecified atom stereocenters. The highest BCUT2D eigenvalue weighted by molar-refractivity contribution is 6.30. The Morgan fingerprint density at radius 2 is 2.15 bits per heavy atom. The molecule has 2 aliphatic rings. The number of carbonyl (C=O) groups is 1. The third kappa shape index (κ3) is 2.85. The van der Waals surface area contributed by atoms with Gasteiger partial charge < -0.3 is 15.2 Å². The zero-order chi connectivity index (χ0) is 18.4. The van der Waals surface area contributed by atoms with Gasteiger partial charge in [-0.1, -0.05) is 11.6 Å². The Hall–Kier alpha value is -2.11. The SMILES string of the molecule is Cc1cc(C(=O)O)cc(F)c1[C@H]1Nc2ccc(Cl)cc2[C@@H]2OCCC[C@H]12. The highest BCUT2D eigenvalue weighted by Gasteiger charge is 2.41. The van der Waals surface area contributed by atoms with E-state index in [-0.39, 0.29) is 23.6 Å². The average molecular weight is 376 g/mol. The molecule has 2 aromatic rings. The maximum Gasteiger partial charge on any atom is 0.335 e. The highest BCUT2D eigenvalue weighted by atomic mass is 35.5. The van der Waals surface area contributed by atoms with Crippen LogP contribution in [0.5, 0.6) is 0 Å². The van der Waals surface area contributed by atoms with Crippen molar-refractivity contribution in [3.63, 3.8) is 0 Å². The summed E-state index contributed by atoms with van der Waals surface area (Å²) in [6, 6.07) is 7.93. The Labute approximate surface area is 155 Å². The number of carboxylic acids is 1. The monoisotopic (exact) mass is 375 g/mol. The van der Waals surface area contributed by atoms with Crippen LogP contribution >= 0.6 is 11.6 Å². The van der Waals surface area contributed by atoms with Crippen molar-refractivity contribution in [1.82, 2.24) is 0 Å². The lowest BCUT2D eigenvalue weighted by Crippen LogP contribution is -2.36. The molecule has 6 heteroatoms. The van der Waals surface area contributed by atoms with Gasteiger partial charge in [-0.3, -0.25) is 0 Å².